The molecule has 1 unspecified atom stereocenters. The SMILES string of the molecule is CCNC(Cc1cn2ccsc2n1)c1ccncc1. The normalized spacial score (nSPS) is 12.9. The van der Waals surface area contributed by atoms with Gasteiger partial charge in [0.2, 0.25) is 0 Å². The van der Waals surface area contributed by atoms with Crippen molar-refractivity contribution in [2.75, 3.05) is 6.54 Å². The molecule has 1 atom stereocenters. The molecule has 0 aliphatic heterocycles. The molecular formula is C14H16N4S. The molecule has 3 aromatic rings. The van der Waals surface area contributed by atoms with Crippen LogP contribution in [-0.4, -0.2) is 20.9 Å². The summed E-state index contributed by atoms with van der Waals surface area (Å²) in [6.45, 7) is 3.06. The summed E-state index contributed by atoms with van der Waals surface area (Å²) in [5, 5.41) is 5.56. The number of hydrogen-bond acceptors (Lipinski definition) is 4. The van der Waals surface area contributed by atoms with Crippen molar-refractivity contribution in [2.24, 2.45) is 0 Å². The lowest BCUT2D eigenvalue weighted by Crippen LogP contribution is -2.23. The predicted octanol–water partition coefficient (Wildman–Crippen LogP) is 2.68. The molecule has 1 N–H and O–H groups in total. The van der Waals surface area contributed by atoms with Gasteiger partial charge in [-0.15, -0.1) is 11.3 Å². The molecule has 0 aliphatic rings. The predicted molar refractivity (Wildman–Crippen MR) is 77.4 cm³/mol. The third-order valence-electron chi connectivity index (χ3n) is 3.12. The van der Waals surface area contributed by atoms with Gasteiger partial charge in [0, 0.05) is 42.6 Å². The van der Waals surface area contributed by atoms with Crippen LogP contribution in [0.1, 0.15) is 24.2 Å². The maximum atomic E-state index is 4.65. The van der Waals surface area contributed by atoms with Gasteiger partial charge < -0.3 is 5.32 Å². The van der Waals surface area contributed by atoms with Crippen molar-refractivity contribution >= 4 is 16.3 Å². The second-order valence-electron chi connectivity index (χ2n) is 4.42. The van der Waals surface area contributed by atoms with Gasteiger partial charge in [0.05, 0.1) is 5.69 Å². The average molecular weight is 272 g/mol. The minimum absolute atomic E-state index is 0.289. The van der Waals surface area contributed by atoms with E-state index in [1.165, 1.54) is 5.56 Å². The first-order chi connectivity index (χ1) is 9.36. The lowest BCUT2D eigenvalue weighted by atomic mass is 10.0. The van der Waals surface area contributed by atoms with E-state index in [4.69, 9.17) is 0 Å². The van der Waals surface area contributed by atoms with E-state index in [9.17, 15) is 0 Å². The quantitative estimate of drug-likeness (QED) is 0.776. The summed E-state index contributed by atoms with van der Waals surface area (Å²) in [7, 11) is 0. The summed E-state index contributed by atoms with van der Waals surface area (Å²) < 4.78 is 2.08. The van der Waals surface area contributed by atoms with Crippen LogP contribution in [-0.2, 0) is 6.42 Å². The highest BCUT2D eigenvalue weighted by Crippen LogP contribution is 2.19. The fourth-order valence-corrected chi connectivity index (χ4v) is 2.95. The van der Waals surface area contributed by atoms with E-state index in [0.717, 1.165) is 23.6 Å². The Bertz CT molecular complexity index is 615. The van der Waals surface area contributed by atoms with Crippen LogP contribution in [0.25, 0.3) is 4.96 Å². The monoisotopic (exact) mass is 272 g/mol. The molecule has 0 aliphatic carbocycles. The van der Waals surface area contributed by atoms with Gasteiger partial charge in [-0.25, -0.2) is 4.98 Å². The van der Waals surface area contributed by atoms with Crippen LogP contribution in [0.15, 0.2) is 42.3 Å². The fourth-order valence-electron chi connectivity index (χ4n) is 2.23. The Kier molecular flexibility index (Phi) is 3.57. The van der Waals surface area contributed by atoms with Crippen LogP contribution in [0.2, 0.25) is 0 Å². The molecule has 3 aromatic heterocycles. The van der Waals surface area contributed by atoms with Crippen molar-refractivity contribution in [1.82, 2.24) is 19.7 Å². The van der Waals surface area contributed by atoms with Crippen LogP contribution in [0, 0.1) is 0 Å². The molecular weight excluding hydrogens is 256 g/mol. The lowest BCUT2D eigenvalue weighted by molar-refractivity contribution is 0.544. The Labute approximate surface area is 116 Å². The number of nitrogens with zero attached hydrogens (tertiary/aromatic N) is 3. The third kappa shape index (κ3) is 2.67. The average Bonchev–Trinajstić information content (AvgIpc) is 3.00. The first kappa shape index (κ1) is 12.3. The molecule has 0 saturated carbocycles. The number of aromatic nitrogens is 3. The van der Waals surface area contributed by atoms with E-state index >= 15 is 0 Å². The molecule has 0 saturated heterocycles. The largest absolute Gasteiger partial charge is 0.310 e. The summed E-state index contributed by atoms with van der Waals surface area (Å²) >= 11 is 1.67. The molecule has 0 fully saturated rings. The molecule has 0 radical (unpaired) electrons. The Morgan fingerprint density at radius 2 is 2.21 bits per heavy atom. The number of imidazole rings is 1. The second kappa shape index (κ2) is 5.50. The van der Waals surface area contributed by atoms with Gasteiger partial charge in [-0.2, -0.15) is 0 Å². The number of likely N-dealkylation sites (N-methyl/N-ethyl adjacent to an activating group) is 1. The third-order valence-corrected chi connectivity index (χ3v) is 3.89. The van der Waals surface area contributed by atoms with Crippen LogP contribution >= 0.6 is 11.3 Å². The molecule has 3 rings (SSSR count). The maximum absolute atomic E-state index is 4.65. The summed E-state index contributed by atoms with van der Waals surface area (Å²) in [5.74, 6) is 0. The minimum Gasteiger partial charge on any atom is -0.310 e. The number of thiazole rings is 1. The number of fused-ring (bicyclic) bond motifs is 1. The Hall–Kier alpha value is -1.72. The van der Waals surface area contributed by atoms with Crippen LogP contribution in [0.4, 0.5) is 0 Å². The van der Waals surface area contributed by atoms with E-state index < -0.39 is 0 Å². The number of hydrogen-bond donors (Lipinski definition) is 1. The smallest absolute Gasteiger partial charge is 0.193 e. The Morgan fingerprint density at radius 1 is 1.37 bits per heavy atom. The van der Waals surface area contributed by atoms with Crippen molar-refractivity contribution in [3.8, 4) is 0 Å². The zero-order chi connectivity index (χ0) is 13.1. The zero-order valence-electron chi connectivity index (χ0n) is 10.8. The number of rotatable bonds is 5. The van der Waals surface area contributed by atoms with Crippen molar-refractivity contribution in [1.29, 1.82) is 0 Å². The molecule has 19 heavy (non-hydrogen) atoms. The Morgan fingerprint density at radius 3 is 2.95 bits per heavy atom. The second-order valence-corrected chi connectivity index (χ2v) is 5.29. The van der Waals surface area contributed by atoms with Crippen molar-refractivity contribution in [2.45, 2.75) is 19.4 Å². The van der Waals surface area contributed by atoms with Crippen molar-refractivity contribution < 1.29 is 0 Å². The van der Waals surface area contributed by atoms with Gasteiger partial charge in [0.15, 0.2) is 4.96 Å². The van der Waals surface area contributed by atoms with E-state index in [1.54, 1.807) is 11.3 Å². The highest BCUT2D eigenvalue weighted by Gasteiger charge is 2.13. The first-order valence-corrected chi connectivity index (χ1v) is 7.29. The number of nitrogens with one attached hydrogen (secondary N) is 1. The van der Waals surface area contributed by atoms with Gasteiger partial charge in [-0.3, -0.25) is 9.38 Å². The van der Waals surface area contributed by atoms with E-state index in [1.807, 2.05) is 18.6 Å². The van der Waals surface area contributed by atoms with E-state index in [-0.39, 0.29) is 6.04 Å². The molecule has 0 amide bonds. The van der Waals surface area contributed by atoms with Gasteiger partial charge in [0.25, 0.3) is 0 Å². The van der Waals surface area contributed by atoms with Gasteiger partial charge in [-0.05, 0) is 24.2 Å². The van der Waals surface area contributed by atoms with E-state index in [0.29, 0.717) is 0 Å². The maximum Gasteiger partial charge on any atom is 0.193 e. The summed E-state index contributed by atoms with van der Waals surface area (Å²) in [6.07, 6.45) is 8.73. The first-order valence-electron chi connectivity index (χ1n) is 6.41. The molecule has 0 bridgehead atoms. The molecule has 3 heterocycles. The van der Waals surface area contributed by atoms with Crippen molar-refractivity contribution in [3.05, 3.63) is 53.6 Å². The highest BCUT2D eigenvalue weighted by molar-refractivity contribution is 7.15. The van der Waals surface area contributed by atoms with Gasteiger partial charge in [0.1, 0.15) is 0 Å². The molecule has 0 spiro atoms. The molecule has 5 heteroatoms. The van der Waals surface area contributed by atoms with Crippen LogP contribution in [0.3, 0.4) is 0 Å². The van der Waals surface area contributed by atoms with Crippen LogP contribution in [0.5, 0.6) is 0 Å². The van der Waals surface area contributed by atoms with Gasteiger partial charge in [-0.1, -0.05) is 6.92 Å². The number of pyridine rings is 1. The van der Waals surface area contributed by atoms with Gasteiger partial charge >= 0.3 is 0 Å². The standard InChI is InChI=1S/C14H16N4S/c1-2-16-13(11-3-5-15-6-4-11)9-12-10-18-7-8-19-14(18)17-12/h3-8,10,13,16H,2,9H2,1H3. The fraction of sp³-hybridized carbons (Fsp3) is 0.286. The summed E-state index contributed by atoms with van der Waals surface area (Å²) in [4.78, 5) is 9.78. The summed E-state index contributed by atoms with van der Waals surface area (Å²) in [5.41, 5.74) is 2.38. The highest BCUT2D eigenvalue weighted by atomic mass is 32.1. The summed E-state index contributed by atoms with van der Waals surface area (Å²) in [6, 6.07) is 4.41. The topological polar surface area (TPSA) is 42.2 Å². The molecule has 4 nitrogen and oxygen atoms in total. The Balaban J connectivity index is 1.83. The van der Waals surface area contributed by atoms with E-state index in [2.05, 4.69) is 50.3 Å². The minimum atomic E-state index is 0.289. The molecule has 0 aromatic carbocycles. The van der Waals surface area contributed by atoms with Crippen molar-refractivity contribution in [3.63, 3.8) is 0 Å². The zero-order valence-corrected chi connectivity index (χ0v) is 11.6. The van der Waals surface area contributed by atoms with Crippen LogP contribution < -0.4 is 5.32 Å². The molecule has 98 valence electrons. The lowest BCUT2D eigenvalue weighted by Gasteiger charge is -2.16.